The Balaban J connectivity index is 1.43. The van der Waals surface area contributed by atoms with Crippen molar-refractivity contribution in [3.05, 3.63) is 76.9 Å². The van der Waals surface area contributed by atoms with Gasteiger partial charge in [-0.3, -0.25) is 4.79 Å². The van der Waals surface area contributed by atoms with Gasteiger partial charge in [0.15, 0.2) is 5.78 Å². The third kappa shape index (κ3) is 4.40. The predicted octanol–water partition coefficient (Wildman–Crippen LogP) is 6.82. The second kappa shape index (κ2) is 10.1. The van der Waals surface area contributed by atoms with Gasteiger partial charge in [0.2, 0.25) is 0 Å². The molecule has 4 aliphatic rings. The van der Waals surface area contributed by atoms with Crippen molar-refractivity contribution in [2.24, 2.45) is 17.3 Å². The van der Waals surface area contributed by atoms with Gasteiger partial charge in [-0.25, -0.2) is 0 Å². The van der Waals surface area contributed by atoms with Gasteiger partial charge in [-0.15, -0.1) is 0 Å². The maximum Gasteiger partial charge on any atom is 0.156 e. The molecule has 2 N–H and O–H groups in total. The molecule has 0 saturated heterocycles. The fourth-order valence-electron chi connectivity index (χ4n) is 8.71. The summed E-state index contributed by atoms with van der Waals surface area (Å²) in [6, 6.07) is 17.8. The maximum absolute atomic E-state index is 12.3. The van der Waals surface area contributed by atoms with Crippen LogP contribution in [-0.2, 0) is 4.79 Å². The van der Waals surface area contributed by atoms with Gasteiger partial charge >= 0.3 is 0 Å². The minimum Gasteiger partial charge on any atom is -0.396 e. The summed E-state index contributed by atoms with van der Waals surface area (Å²) in [6.45, 7) is 2.47. The number of carbonyl (C=O) groups excluding carboxylic acids is 1. The Hall–Kier alpha value is -2.69. The first-order valence-corrected chi connectivity index (χ1v) is 14.9. The third-order valence-corrected chi connectivity index (χ3v) is 10.8. The van der Waals surface area contributed by atoms with Crippen LogP contribution in [0.1, 0.15) is 76.2 Å². The van der Waals surface area contributed by atoms with Crippen molar-refractivity contribution in [1.29, 1.82) is 0 Å². The smallest absolute Gasteiger partial charge is 0.156 e. The molecule has 0 radical (unpaired) electrons. The van der Waals surface area contributed by atoms with Gasteiger partial charge in [0.25, 0.3) is 0 Å². The number of allylic oxidation sites excluding steroid dienone is 4. The highest BCUT2D eigenvalue weighted by Gasteiger charge is 2.62. The summed E-state index contributed by atoms with van der Waals surface area (Å²) in [4.78, 5) is 14.5. The molecule has 2 saturated carbocycles. The summed E-state index contributed by atoms with van der Waals surface area (Å²) in [5.41, 5.74) is 8.31. The van der Waals surface area contributed by atoms with E-state index in [1.54, 1.807) is 5.57 Å². The fourth-order valence-corrected chi connectivity index (χ4v) is 8.71. The molecule has 0 aromatic heterocycles. The van der Waals surface area contributed by atoms with Crippen LogP contribution >= 0.6 is 0 Å². The first kappa shape index (κ1) is 26.5. The molecular formula is C35H43NO3. The van der Waals surface area contributed by atoms with Crippen LogP contribution < -0.4 is 4.90 Å². The summed E-state index contributed by atoms with van der Waals surface area (Å²) >= 11 is 0. The average molecular weight is 526 g/mol. The van der Waals surface area contributed by atoms with E-state index in [2.05, 4.69) is 74.4 Å². The highest BCUT2D eigenvalue weighted by Crippen LogP contribution is 2.67. The molecule has 206 valence electrons. The summed E-state index contributed by atoms with van der Waals surface area (Å²) in [5.74, 6) is 1.42. The SMILES string of the molecule is CN(C)c1cccc(-c2ccc([C@H]3C[C@]4(C)[C@@H](CC[C@]4(O)CCCO)[C@@H]4CCC5=CC(=O)CCC5=C43)cc2)c1. The van der Waals surface area contributed by atoms with Crippen LogP contribution in [0.2, 0.25) is 0 Å². The minimum absolute atomic E-state index is 0.129. The van der Waals surface area contributed by atoms with Gasteiger partial charge in [0.05, 0.1) is 5.60 Å². The van der Waals surface area contributed by atoms with E-state index in [1.165, 1.54) is 33.5 Å². The first-order chi connectivity index (χ1) is 18.7. The van der Waals surface area contributed by atoms with E-state index in [1.807, 2.05) is 6.08 Å². The van der Waals surface area contributed by atoms with E-state index in [4.69, 9.17) is 0 Å². The largest absolute Gasteiger partial charge is 0.396 e. The lowest BCUT2D eigenvalue weighted by molar-refractivity contribution is -0.114. The normalized spacial score (nSPS) is 31.9. The number of ketones is 1. The van der Waals surface area contributed by atoms with E-state index in [-0.39, 0.29) is 23.7 Å². The van der Waals surface area contributed by atoms with Crippen molar-refractivity contribution in [3.63, 3.8) is 0 Å². The Bertz CT molecular complexity index is 1320. The Morgan fingerprint density at radius 2 is 1.79 bits per heavy atom. The molecule has 5 atom stereocenters. The van der Waals surface area contributed by atoms with Gasteiger partial charge in [-0.05, 0) is 109 Å². The molecule has 4 nitrogen and oxygen atoms in total. The molecule has 0 heterocycles. The summed E-state index contributed by atoms with van der Waals surface area (Å²) < 4.78 is 0. The lowest BCUT2D eigenvalue weighted by Gasteiger charge is -2.55. The number of hydrogen-bond acceptors (Lipinski definition) is 4. The summed E-state index contributed by atoms with van der Waals surface area (Å²) in [6.07, 6.45) is 9.57. The summed E-state index contributed by atoms with van der Waals surface area (Å²) in [7, 11) is 4.14. The van der Waals surface area contributed by atoms with E-state index in [0.29, 0.717) is 31.1 Å². The Morgan fingerprint density at radius 3 is 2.54 bits per heavy atom. The van der Waals surface area contributed by atoms with Gasteiger partial charge in [0.1, 0.15) is 0 Å². The van der Waals surface area contributed by atoms with Crippen LogP contribution in [0.5, 0.6) is 0 Å². The highest BCUT2D eigenvalue weighted by atomic mass is 16.3. The number of aliphatic hydroxyl groups excluding tert-OH is 1. The standard InChI is InChI=1S/C35H43NO3/c1-34-22-31(24-10-8-23(9-11-24)25-6-4-7-27(20-25)36(2)3)33-29-15-13-28(38)21-26(29)12-14-30(33)32(34)16-18-35(34,39)17-5-19-37/h4,6-11,20-21,30-32,37,39H,5,12-19,22H2,1-3H3/t30-,31+,32-,34+,35+/m0/s1. The number of aliphatic hydroxyl groups is 2. The van der Waals surface area contributed by atoms with Crippen molar-refractivity contribution >= 4 is 11.5 Å². The van der Waals surface area contributed by atoms with Crippen LogP contribution in [0.25, 0.3) is 11.1 Å². The highest BCUT2D eigenvalue weighted by molar-refractivity contribution is 5.93. The molecule has 0 aliphatic heterocycles. The van der Waals surface area contributed by atoms with Crippen molar-refractivity contribution in [3.8, 4) is 11.1 Å². The molecule has 6 rings (SSSR count). The zero-order chi connectivity index (χ0) is 27.4. The van der Waals surface area contributed by atoms with Gasteiger partial charge < -0.3 is 15.1 Å². The molecule has 4 aliphatic carbocycles. The van der Waals surface area contributed by atoms with Crippen LogP contribution in [0.3, 0.4) is 0 Å². The first-order valence-electron chi connectivity index (χ1n) is 14.9. The average Bonchev–Trinajstić information content (AvgIpc) is 3.21. The topological polar surface area (TPSA) is 60.8 Å². The van der Waals surface area contributed by atoms with Crippen molar-refractivity contribution in [2.45, 2.75) is 76.2 Å². The lowest BCUT2D eigenvalue weighted by Crippen LogP contribution is -2.51. The van der Waals surface area contributed by atoms with Crippen LogP contribution in [0, 0.1) is 17.3 Å². The molecule has 0 bridgehead atoms. The third-order valence-electron chi connectivity index (χ3n) is 10.8. The van der Waals surface area contributed by atoms with Crippen LogP contribution in [0.4, 0.5) is 5.69 Å². The molecular weight excluding hydrogens is 482 g/mol. The molecule has 2 fully saturated rings. The van der Waals surface area contributed by atoms with Crippen molar-refractivity contribution < 1.29 is 15.0 Å². The second-order valence-electron chi connectivity index (χ2n) is 13.0. The second-order valence-corrected chi connectivity index (χ2v) is 13.0. The Labute approximate surface area is 233 Å². The quantitative estimate of drug-likeness (QED) is 0.434. The molecule has 0 unspecified atom stereocenters. The van der Waals surface area contributed by atoms with Crippen LogP contribution in [0.15, 0.2) is 71.3 Å². The van der Waals surface area contributed by atoms with Gasteiger partial charge in [-0.1, -0.05) is 48.9 Å². The Morgan fingerprint density at radius 1 is 1.00 bits per heavy atom. The van der Waals surface area contributed by atoms with Gasteiger partial charge in [-0.2, -0.15) is 0 Å². The number of hydrogen-bond donors (Lipinski definition) is 2. The van der Waals surface area contributed by atoms with E-state index in [9.17, 15) is 15.0 Å². The molecule has 4 heteroatoms. The van der Waals surface area contributed by atoms with E-state index < -0.39 is 5.60 Å². The fraction of sp³-hybridized carbons (Fsp3) is 0.514. The number of fused-ring (bicyclic) bond motifs is 4. The maximum atomic E-state index is 12.3. The monoisotopic (exact) mass is 525 g/mol. The molecule has 39 heavy (non-hydrogen) atoms. The predicted molar refractivity (Wildman–Crippen MR) is 158 cm³/mol. The Kier molecular flexibility index (Phi) is 6.84. The summed E-state index contributed by atoms with van der Waals surface area (Å²) in [5, 5.41) is 21.7. The number of anilines is 1. The van der Waals surface area contributed by atoms with Crippen molar-refractivity contribution in [1.82, 2.24) is 0 Å². The number of rotatable bonds is 6. The molecule has 0 amide bonds. The number of nitrogens with zero attached hydrogens (tertiary/aromatic N) is 1. The van der Waals surface area contributed by atoms with Crippen LogP contribution in [-0.4, -0.2) is 42.3 Å². The molecule has 2 aromatic rings. The molecule has 0 spiro atoms. The zero-order valence-corrected chi connectivity index (χ0v) is 23.7. The van der Waals surface area contributed by atoms with E-state index in [0.717, 1.165) is 38.5 Å². The number of carbonyl (C=O) groups is 1. The number of benzene rings is 2. The zero-order valence-electron chi connectivity index (χ0n) is 23.7. The lowest BCUT2D eigenvalue weighted by atomic mass is 9.51. The molecule has 2 aromatic carbocycles. The van der Waals surface area contributed by atoms with Gasteiger partial charge in [0, 0.05) is 44.1 Å². The van der Waals surface area contributed by atoms with Crippen molar-refractivity contribution in [2.75, 3.05) is 25.6 Å². The minimum atomic E-state index is -0.736. The van der Waals surface area contributed by atoms with E-state index >= 15 is 0 Å².